The van der Waals surface area contributed by atoms with Crippen molar-refractivity contribution in [2.75, 3.05) is 0 Å². The maximum absolute atomic E-state index is 6.01. The summed E-state index contributed by atoms with van der Waals surface area (Å²) < 4.78 is 5.44. The summed E-state index contributed by atoms with van der Waals surface area (Å²) in [5.41, 5.74) is 1.34. The summed E-state index contributed by atoms with van der Waals surface area (Å²) in [6.45, 7) is 2.62. The fraction of sp³-hybridized carbons (Fsp3) is 0.400. The molecule has 1 fully saturated rings. The fourth-order valence-electron chi connectivity index (χ4n) is 2.53. The molecule has 2 aromatic rings. The van der Waals surface area contributed by atoms with Crippen LogP contribution in [0.4, 0.5) is 0 Å². The largest absolute Gasteiger partial charge is 0.445 e. The molecule has 1 heterocycles. The average molecular weight is 277 g/mol. The SMILES string of the molecule is Cc1cnc(CNC2CC(c3cccc(Cl)c3)C2)o1. The van der Waals surface area contributed by atoms with Gasteiger partial charge < -0.3 is 9.73 Å². The van der Waals surface area contributed by atoms with Crippen molar-refractivity contribution in [2.24, 2.45) is 0 Å². The van der Waals surface area contributed by atoms with Crippen molar-refractivity contribution in [3.63, 3.8) is 0 Å². The number of aryl methyl sites for hydroxylation is 1. The van der Waals surface area contributed by atoms with Crippen molar-refractivity contribution < 1.29 is 4.42 Å². The summed E-state index contributed by atoms with van der Waals surface area (Å²) in [7, 11) is 0. The number of hydrogen-bond donors (Lipinski definition) is 1. The van der Waals surface area contributed by atoms with E-state index in [4.69, 9.17) is 16.0 Å². The first kappa shape index (κ1) is 12.7. The van der Waals surface area contributed by atoms with Crippen molar-refractivity contribution in [3.05, 3.63) is 52.7 Å². The van der Waals surface area contributed by atoms with Crippen molar-refractivity contribution >= 4 is 11.6 Å². The highest BCUT2D eigenvalue weighted by Crippen LogP contribution is 2.37. The summed E-state index contributed by atoms with van der Waals surface area (Å²) in [6, 6.07) is 8.72. The third-order valence-electron chi connectivity index (χ3n) is 3.67. The van der Waals surface area contributed by atoms with Gasteiger partial charge in [-0.15, -0.1) is 0 Å². The molecule has 0 aliphatic heterocycles. The maximum atomic E-state index is 6.01. The number of rotatable bonds is 4. The molecule has 19 heavy (non-hydrogen) atoms. The Kier molecular flexibility index (Phi) is 3.58. The molecule has 0 unspecified atom stereocenters. The lowest BCUT2D eigenvalue weighted by Crippen LogP contribution is -2.39. The molecule has 0 bridgehead atoms. The van der Waals surface area contributed by atoms with Crippen LogP contribution >= 0.6 is 11.6 Å². The Bertz CT molecular complexity index is 561. The van der Waals surface area contributed by atoms with Gasteiger partial charge in [0.1, 0.15) is 5.76 Å². The van der Waals surface area contributed by atoms with Crippen LogP contribution < -0.4 is 5.32 Å². The van der Waals surface area contributed by atoms with E-state index in [0.29, 0.717) is 18.5 Å². The van der Waals surface area contributed by atoms with E-state index in [9.17, 15) is 0 Å². The Labute approximate surface area is 118 Å². The molecule has 3 nitrogen and oxygen atoms in total. The minimum absolute atomic E-state index is 0.552. The summed E-state index contributed by atoms with van der Waals surface area (Å²) in [4.78, 5) is 4.19. The first-order valence-corrected chi connectivity index (χ1v) is 6.98. The molecule has 0 spiro atoms. The van der Waals surface area contributed by atoms with Gasteiger partial charge in [0.05, 0.1) is 12.7 Å². The van der Waals surface area contributed by atoms with Crippen LogP contribution in [0, 0.1) is 6.92 Å². The van der Waals surface area contributed by atoms with Gasteiger partial charge in [0.2, 0.25) is 5.89 Å². The van der Waals surface area contributed by atoms with E-state index in [-0.39, 0.29) is 0 Å². The van der Waals surface area contributed by atoms with Crippen LogP contribution in [0.2, 0.25) is 5.02 Å². The van der Waals surface area contributed by atoms with Gasteiger partial charge in [-0.3, -0.25) is 0 Å². The zero-order valence-corrected chi connectivity index (χ0v) is 11.7. The molecule has 1 saturated carbocycles. The molecule has 1 aliphatic carbocycles. The Morgan fingerprint density at radius 2 is 2.26 bits per heavy atom. The van der Waals surface area contributed by atoms with Crippen LogP contribution in [0.1, 0.15) is 36.0 Å². The average Bonchev–Trinajstić information content (AvgIpc) is 2.73. The first-order valence-electron chi connectivity index (χ1n) is 6.61. The van der Waals surface area contributed by atoms with Crippen LogP contribution in [-0.4, -0.2) is 11.0 Å². The summed E-state index contributed by atoms with van der Waals surface area (Å²) in [5.74, 6) is 2.26. The second-order valence-corrected chi connectivity index (χ2v) is 5.60. The molecule has 3 rings (SSSR count). The van der Waals surface area contributed by atoms with Gasteiger partial charge in [-0.2, -0.15) is 0 Å². The first-order chi connectivity index (χ1) is 9.20. The number of nitrogens with zero attached hydrogens (tertiary/aromatic N) is 1. The molecular weight excluding hydrogens is 260 g/mol. The molecule has 0 atom stereocenters. The second kappa shape index (κ2) is 5.35. The predicted molar refractivity (Wildman–Crippen MR) is 75.3 cm³/mol. The molecular formula is C15H17ClN2O. The Balaban J connectivity index is 1.48. The lowest BCUT2D eigenvalue weighted by atomic mass is 9.76. The molecule has 1 aromatic heterocycles. The zero-order chi connectivity index (χ0) is 13.2. The molecule has 0 amide bonds. The maximum Gasteiger partial charge on any atom is 0.208 e. The van der Waals surface area contributed by atoms with E-state index in [0.717, 1.165) is 29.5 Å². The van der Waals surface area contributed by atoms with Gasteiger partial charge in [-0.25, -0.2) is 4.98 Å². The highest BCUT2D eigenvalue weighted by atomic mass is 35.5. The third kappa shape index (κ3) is 2.99. The quantitative estimate of drug-likeness (QED) is 0.926. The highest BCUT2D eigenvalue weighted by Gasteiger charge is 2.30. The van der Waals surface area contributed by atoms with Gasteiger partial charge in [-0.1, -0.05) is 23.7 Å². The van der Waals surface area contributed by atoms with Crippen LogP contribution in [0.5, 0.6) is 0 Å². The van der Waals surface area contributed by atoms with Crippen LogP contribution in [-0.2, 0) is 6.54 Å². The molecule has 1 N–H and O–H groups in total. The van der Waals surface area contributed by atoms with E-state index in [2.05, 4.69) is 22.4 Å². The van der Waals surface area contributed by atoms with Crippen LogP contribution in [0.3, 0.4) is 0 Å². The normalized spacial score (nSPS) is 22.2. The molecule has 100 valence electrons. The summed E-state index contributed by atoms with van der Waals surface area (Å²) in [6.07, 6.45) is 4.06. The van der Waals surface area contributed by atoms with Gasteiger partial charge in [0.15, 0.2) is 0 Å². The monoisotopic (exact) mass is 276 g/mol. The van der Waals surface area contributed by atoms with Gasteiger partial charge >= 0.3 is 0 Å². The number of aromatic nitrogens is 1. The van der Waals surface area contributed by atoms with Gasteiger partial charge in [-0.05, 0) is 43.4 Å². The van der Waals surface area contributed by atoms with Crippen molar-refractivity contribution in [3.8, 4) is 0 Å². The van der Waals surface area contributed by atoms with E-state index in [1.807, 2.05) is 19.1 Å². The summed E-state index contributed by atoms with van der Waals surface area (Å²) in [5, 5.41) is 4.30. The number of halogens is 1. The lowest BCUT2D eigenvalue weighted by molar-refractivity contribution is 0.279. The smallest absolute Gasteiger partial charge is 0.208 e. The van der Waals surface area contributed by atoms with E-state index in [1.54, 1.807) is 6.20 Å². The third-order valence-corrected chi connectivity index (χ3v) is 3.90. The van der Waals surface area contributed by atoms with E-state index < -0.39 is 0 Å². The van der Waals surface area contributed by atoms with Crippen LogP contribution in [0.15, 0.2) is 34.9 Å². The summed E-state index contributed by atoms with van der Waals surface area (Å²) >= 11 is 6.01. The second-order valence-electron chi connectivity index (χ2n) is 5.17. The Morgan fingerprint density at radius 3 is 2.95 bits per heavy atom. The number of benzene rings is 1. The fourth-order valence-corrected chi connectivity index (χ4v) is 2.73. The van der Waals surface area contributed by atoms with Gasteiger partial charge in [0.25, 0.3) is 0 Å². The van der Waals surface area contributed by atoms with Crippen molar-refractivity contribution in [1.29, 1.82) is 0 Å². The lowest BCUT2D eigenvalue weighted by Gasteiger charge is -2.36. The van der Waals surface area contributed by atoms with Crippen molar-refractivity contribution in [2.45, 2.75) is 38.3 Å². The molecule has 0 saturated heterocycles. The minimum atomic E-state index is 0.552. The molecule has 1 aromatic carbocycles. The highest BCUT2D eigenvalue weighted by molar-refractivity contribution is 6.30. The number of oxazole rings is 1. The zero-order valence-electron chi connectivity index (χ0n) is 10.9. The Hall–Kier alpha value is -1.32. The van der Waals surface area contributed by atoms with E-state index in [1.165, 1.54) is 5.56 Å². The number of nitrogens with one attached hydrogen (secondary N) is 1. The molecule has 0 radical (unpaired) electrons. The minimum Gasteiger partial charge on any atom is -0.445 e. The molecule has 4 heteroatoms. The standard InChI is InChI=1S/C15H17ClN2O/c1-10-8-18-15(19-10)9-17-14-6-12(7-14)11-3-2-4-13(16)5-11/h2-5,8,12,14,17H,6-7,9H2,1H3. The molecule has 1 aliphatic rings. The van der Waals surface area contributed by atoms with Crippen molar-refractivity contribution in [1.82, 2.24) is 10.3 Å². The topological polar surface area (TPSA) is 38.1 Å². The van der Waals surface area contributed by atoms with Crippen LogP contribution in [0.25, 0.3) is 0 Å². The van der Waals surface area contributed by atoms with E-state index >= 15 is 0 Å². The predicted octanol–water partition coefficient (Wildman–Crippen LogP) is 3.67. The Morgan fingerprint density at radius 1 is 1.42 bits per heavy atom. The van der Waals surface area contributed by atoms with Gasteiger partial charge in [0, 0.05) is 11.1 Å². The number of hydrogen-bond acceptors (Lipinski definition) is 3.